The molecular weight excluding hydrogens is 214 g/mol. The number of hydrogen-bond acceptors (Lipinski definition) is 3. The van der Waals surface area contributed by atoms with Crippen LogP contribution in [0.3, 0.4) is 0 Å². The third-order valence-corrected chi connectivity index (χ3v) is 2.68. The zero-order chi connectivity index (χ0) is 12.4. The predicted octanol–water partition coefficient (Wildman–Crippen LogP) is 2.79. The van der Waals surface area contributed by atoms with Gasteiger partial charge < -0.3 is 14.6 Å². The molecule has 0 aliphatic carbocycles. The molecule has 0 unspecified atom stereocenters. The Bertz CT molecular complexity index is 531. The fourth-order valence-electron chi connectivity index (χ4n) is 1.76. The quantitative estimate of drug-likeness (QED) is 0.882. The fourth-order valence-corrected chi connectivity index (χ4v) is 1.76. The van der Waals surface area contributed by atoms with Crippen LogP contribution in [0.2, 0.25) is 0 Å². The number of aryl methyl sites for hydroxylation is 3. The second-order valence-corrected chi connectivity index (χ2v) is 4.12. The van der Waals surface area contributed by atoms with Crippen molar-refractivity contribution in [3.63, 3.8) is 0 Å². The summed E-state index contributed by atoms with van der Waals surface area (Å²) in [5.41, 5.74) is 3.17. The zero-order valence-corrected chi connectivity index (χ0v) is 10.6. The van der Waals surface area contributed by atoms with Crippen LogP contribution in [0.25, 0.3) is 0 Å². The van der Waals surface area contributed by atoms with E-state index in [2.05, 4.69) is 10.3 Å². The monoisotopic (exact) mass is 231 g/mol. The van der Waals surface area contributed by atoms with E-state index < -0.39 is 0 Å². The summed E-state index contributed by atoms with van der Waals surface area (Å²) in [4.78, 5) is 4.41. The lowest BCUT2D eigenvalue weighted by molar-refractivity contribution is 0.414. The van der Waals surface area contributed by atoms with Gasteiger partial charge in [-0.15, -0.1) is 0 Å². The SMILES string of the molecule is COc1ccc(Nc2nc(C)cn2C)c(C)c1. The highest BCUT2D eigenvalue weighted by atomic mass is 16.5. The molecule has 1 aromatic heterocycles. The number of nitrogens with one attached hydrogen (secondary N) is 1. The van der Waals surface area contributed by atoms with E-state index in [1.807, 2.05) is 49.9 Å². The van der Waals surface area contributed by atoms with Gasteiger partial charge in [-0.1, -0.05) is 0 Å². The number of ether oxygens (including phenoxy) is 1. The zero-order valence-electron chi connectivity index (χ0n) is 10.6. The van der Waals surface area contributed by atoms with E-state index in [0.717, 1.165) is 28.6 Å². The van der Waals surface area contributed by atoms with Gasteiger partial charge in [0.1, 0.15) is 5.75 Å². The molecule has 0 saturated carbocycles. The summed E-state index contributed by atoms with van der Waals surface area (Å²) in [6.45, 7) is 4.02. The van der Waals surface area contributed by atoms with E-state index in [1.54, 1.807) is 7.11 Å². The molecule has 0 atom stereocenters. The molecule has 0 saturated heterocycles. The average Bonchev–Trinajstić information content (AvgIpc) is 2.60. The van der Waals surface area contributed by atoms with Gasteiger partial charge in [-0.3, -0.25) is 0 Å². The van der Waals surface area contributed by atoms with Crippen molar-refractivity contribution < 1.29 is 4.74 Å². The first-order chi connectivity index (χ1) is 8.10. The second kappa shape index (κ2) is 4.49. The first-order valence-electron chi connectivity index (χ1n) is 5.52. The summed E-state index contributed by atoms with van der Waals surface area (Å²) in [5.74, 6) is 1.71. The third-order valence-electron chi connectivity index (χ3n) is 2.68. The molecule has 1 heterocycles. The Kier molecular flexibility index (Phi) is 3.04. The lowest BCUT2D eigenvalue weighted by Crippen LogP contribution is -2.00. The van der Waals surface area contributed by atoms with Gasteiger partial charge in [0.25, 0.3) is 0 Å². The number of nitrogens with zero attached hydrogens (tertiary/aromatic N) is 2. The van der Waals surface area contributed by atoms with Gasteiger partial charge in [-0.05, 0) is 37.6 Å². The van der Waals surface area contributed by atoms with Crippen molar-refractivity contribution >= 4 is 11.6 Å². The smallest absolute Gasteiger partial charge is 0.207 e. The van der Waals surface area contributed by atoms with E-state index in [1.165, 1.54) is 0 Å². The molecule has 0 amide bonds. The van der Waals surface area contributed by atoms with Crippen molar-refractivity contribution in [1.82, 2.24) is 9.55 Å². The first kappa shape index (κ1) is 11.5. The van der Waals surface area contributed by atoms with Gasteiger partial charge in [-0.2, -0.15) is 0 Å². The van der Waals surface area contributed by atoms with E-state index in [0.29, 0.717) is 0 Å². The predicted molar refractivity (Wildman–Crippen MR) is 69.0 cm³/mol. The molecule has 0 aliphatic heterocycles. The summed E-state index contributed by atoms with van der Waals surface area (Å²) in [6, 6.07) is 5.93. The van der Waals surface area contributed by atoms with Gasteiger partial charge in [0.2, 0.25) is 5.95 Å². The molecule has 0 spiro atoms. The number of methoxy groups -OCH3 is 1. The molecule has 17 heavy (non-hydrogen) atoms. The number of rotatable bonds is 3. The van der Waals surface area contributed by atoms with Gasteiger partial charge in [-0.25, -0.2) is 4.98 Å². The van der Waals surface area contributed by atoms with Crippen LogP contribution >= 0.6 is 0 Å². The van der Waals surface area contributed by atoms with Crippen LogP contribution in [0.1, 0.15) is 11.3 Å². The Morgan fingerprint density at radius 3 is 2.59 bits per heavy atom. The van der Waals surface area contributed by atoms with Gasteiger partial charge in [0, 0.05) is 18.9 Å². The number of hydrogen-bond donors (Lipinski definition) is 1. The van der Waals surface area contributed by atoms with Crippen LogP contribution in [0, 0.1) is 13.8 Å². The fraction of sp³-hybridized carbons (Fsp3) is 0.308. The summed E-state index contributed by atoms with van der Waals surface area (Å²) in [6.07, 6.45) is 1.99. The highest BCUT2D eigenvalue weighted by Gasteiger charge is 2.05. The first-order valence-corrected chi connectivity index (χ1v) is 5.52. The minimum Gasteiger partial charge on any atom is -0.497 e. The maximum Gasteiger partial charge on any atom is 0.207 e. The molecule has 90 valence electrons. The topological polar surface area (TPSA) is 39.1 Å². The number of aromatic nitrogens is 2. The molecule has 1 N–H and O–H groups in total. The van der Waals surface area contributed by atoms with Gasteiger partial charge in [0.15, 0.2) is 0 Å². The molecule has 2 aromatic rings. The molecule has 0 bridgehead atoms. The lowest BCUT2D eigenvalue weighted by atomic mass is 10.2. The Labute approximate surface area is 101 Å². The normalized spacial score (nSPS) is 10.4. The maximum absolute atomic E-state index is 5.18. The van der Waals surface area contributed by atoms with Gasteiger partial charge >= 0.3 is 0 Å². The molecule has 1 aromatic carbocycles. The van der Waals surface area contributed by atoms with Crippen molar-refractivity contribution in [2.45, 2.75) is 13.8 Å². The van der Waals surface area contributed by atoms with Crippen LogP contribution < -0.4 is 10.1 Å². The standard InChI is InChI=1S/C13H17N3O/c1-9-7-11(17-4)5-6-12(9)15-13-14-10(2)8-16(13)3/h5-8H,1-4H3,(H,14,15). The molecule has 2 rings (SSSR count). The van der Waals surface area contributed by atoms with Gasteiger partial charge in [0.05, 0.1) is 12.8 Å². The Morgan fingerprint density at radius 1 is 1.29 bits per heavy atom. The summed E-state index contributed by atoms with van der Waals surface area (Å²) in [5, 5.41) is 3.31. The Morgan fingerprint density at radius 2 is 2.06 bits per heavy atom. The van der Waals surface area contributed by atoms with Crippen LogP contribution in [-0.4, -0.2) is 16.7 Å². The molecule has 4 heteroatoms. The molecular formula is C13H17N3O. The Hall–Kier alpha value is -1.97. The number of anilines is 2. The number of imidazole rings is 1. The van der Waals surface area contributed by atoms with Crippen LogP contribution in [0.4, 0.5) is 11.6 Å². The summed E-state index contributed by atoms with van der Waals surface area (Å²) >= 11 is 0. The van der Waals surface area contributed by atoms with Crippen molar-refractivity contribution in [3.05, 3.63) is 35.7 Å². The molecule has 0 fully saturated rings. The molecule has 0 aliphatic rings. The van der Waals surface area contributed by atoms with Crippen LogP contribution in [0.15, 0.2) is 24.4 Å². The third kappa shape index (κ3) is 2.41. The molecule has 0 radical (unpaired) electrons. The highest BCUT2D eigenvalue weighted by molar-refractivity contribution is 5.60. The van der Waals surface area contributed by atoms with E-state index in [-0.39, 0.29) is 0 Å². The van der Waals surface area contributed by atoms with Crippen molar-refractivity contribution in [3.8, 4) is 5.75 Å². The van der Waals surface area contributed by atoms with Crippen LogP contribution in [-0.2, 0) is 7.05 Å². The van der Waals surface area contributed by atoms with Crippen molar-refractivity contribution in [1.29, 1.82) is 0 Å². The maximum atomic E-state index is 5.18. The Balaban J connectivity index is 2.27. The second-order valence-electron chi connectivity index (χ2n) is 4.12. The van der Waals surface area contributed by atoms with E-state index >= 15 is 0 Å². The number of benzene rings is 1. The van der Waals surface area contributed by atoms with Crippen LogP contribution in [0.5, 0.6) is 5.75 Å². The highest BCUT2D eigenvalue weighted by Crippen LogP contribution is 2.23. The minimum atomic E-state index is 0.843. The average molecular weight is 231 g/mol. The van der Waals surface area contributed by atoms with Crippen molar-refractivity contribution in [2.75, 3.05) is 12.4 Å². The molecule has 4 nitrogen and oxygen atoms in total. The van der Waals surface area contributed by atoms with Crippen molar-refractivity contribution in [2.24, 2.45) is 7.05 Å². The summed E-state index contributed by atoms with van der Waals surface area (Å²) in [7, 11) is 3.64. The van der Waals surface area contributed by atoms with E-state index in [9.17, 15) is 0 Å². The lowest BCUT2D eigenvalue weighted by Gasteiger charge is -2.10. The van der Waals surface area contributed by atoms with E-state index in [4.69, 9.17) is 4.74 Å². The summed E-state index contributed by atoms with van der Waals surface area (Å²) < 4.78 is 7.15. The minimum absolute atomic E-state index is 0.843. The largest absolute Gasteiger partial charge is 0.497 e.